The van der Waals surface area contributed by atoms with Gasteiger partial charge < -0.3 is 9.64 Å². The van der Waals surface area contributed by atoms with Crippen molar-refractivity contribution in [2.45, 2.75) is 33.1 Å². The van der Waals surface area contributed by atoms with Crippen molar-refractivity contribution in [1.29, 1.82) is 0 Å². The van der Waals surface area contributed by atoms with Gasteiger partial charge in [0.2, 0.25) is 0 Å². The number of benzene rings is 2. The highest BCUT2D eigenvalue weighted by atomic mass is 16.5. The van der Waals surface area contributed by atoms with Crippen LogP contribution < -0.4 is 4.90 Å². The van der Waals surface area contributed by atoms with Gasteiger partial charge in [-0.05, 0) is 30.5 Å². The summed E-state index contributed by atoms with van der Waals surface area (Å²) < 4.78 is 5.51. The number of ether oxygens (including phenoxy) is 1. The number of aromatic nitrogens is 2. The number of morpholine rings is 1. The van der Waals surface area contributed by atoms with E-state index in [1.807, 2.05) is 48.5 Å². The molecule has 1 aliphatic rings. The Bertz CT molecular complexity index is 1040. The van der Waals surface area contributed by atoms with Crippen molar-refractivity contribution < 1.29 is 9.53 Å². The highest BCUT2D eigenvalue weighted by Crippen LogP contribution is 2.26. The number of Topliss-reactive ketones (excluding diaryl/α,β-unsaturated/α-hetero) is 1. The minimum atomic E-state index is 0.205. The molecule has 3 aromatic rings. The van der Waals surface area contributed by atoms with Crippen molar-refractivity contribution in [2.24, 2.45) is 0 Å². The minimum absolute atomic E-state index is 0.205. The Hall–Kier alpha value is -3.05. The second-order valence-electron chi connectivity index (χ2n) is 7.97. The van der Waals surface area contributed by atoms with Gasteiger partial charge in [0.25, 0.3) is 0 Å². The summed E-state index contributed by atoms with van der Waals surface area (Å²) >= 11 is 0. The molecule has 0 amide bonds. The Balaban J connectivity index is 1.58. The van der Waals surface area contributed by atoms with E-state index in [-0.39, 0.29) is 5.78 Å². The van der Waals surface area contributed by atoms with E-state index >= 15 is 0 Å². The van der Waals surface area contributed by atoms with Crippen LogP contribution in [0.15, 0.2) is 54.6 Å². The molecule has 31 heavy (non-hydrogen) atoms. The van der Waals surface area contributed by atoms with Gasteiger partial charge in [0.15, 0.2) is 5.82 Å². The molecule has 0 bridgehead atoms. The van der Waals surface area contributed by atoms with Gasteiger partial charge in [0.1, 0.15) is 11.6 Å². The smallest absolute Gasteiger partial charge is 0.161 e. The Morgan fingerprint density at radius 1 is 0.968 bits per heavy atom. The van der Waals surface area contributed by atoms with Crippen molar-refractivity contribution >= 4 is 11.6 Å². The van der Waals surface area contributed by atoms with Gasteiger partial charge in [-0.15, -0.1) is 0 Å². The molecule has 0 saturated carbocycles. The average Bonchev–Trinajstić information content (AvgIpc) is 2.80. The molecule has 0 N–H and O–H groups in total. The molecule has 0 unspecified atom stereocenters. The fraction of sp³-hybridized carbons (Fsp3) is 0.346. The molecule has 0 aliphatic carbocycles. The zero-order valence-electron chi connectivity index (χ0n) is 18.3. The largest absolute Gasteiger partial charge is 0.378 e. The highest BCUT2D eigenvalue weighted by Gasteiger charge is 2.19. The lowest BCUT2D eigenvalue weighted by molar-refractivity contribution is -0.117. The third-order valence-electron chi connectivity index (χ3n) is 5.70. The number of nitrogens with zero attached hydrogens (tertiary/aromatic N) is 3. The number of rotatable bonds is 7. The summed E-state index contributed by atoms with van der Waals surface area (Å²) in [6.45, 7) is 7.36. The lowest BCUT2D eigenvalue weighted by atomic mass is 10.0. The number of anilines is 1. The second kappa shape index (κ2) is 9.84. The van der Waals surface area contributed by atoms with Crippen LogP contribution in [-0.2, 0) is 28.8 Å². The normalized spacial score (nSPS) is 13.9. The van der Waals surface area contributed by atoms with Crippen LogP contribution in [0.1, 0.15) is 29.3 Å². The molecule has 1 saturated heterocycles. The maximum atomic E-state index is 12.6. The summed E-state index contributed by atoms with van der Waals surface area (Å²) in [6.07, 6.45) is 1.72. The van der Waals surface area contributed by atoms with Crippen LogP contribution in [-0.4, -0.2) is 42.1 Å². The third kappa shape index (κ3) is 5.17. The van der Waals surface area contributed by atoms with E-state index in [9.17, 15) is 4.79 Å². The van der Waals surface area contributed by atoms with E-state index in [1.165, 1.54) is 0 Å². The van der Waals surface area contributed by atoms with Crippen molar-refractivity contribution in [1.82, 2.24) is 9.97 Å². The fourth-order valence-corrected chi connectivity index (χ4v) is 4.04. The standard InChI is InChI=1S/C26H29N3O2/c1-3-24-19(2)26(29-12-14-31-15-13-29)28-25(27-24)22-11-7-10-21(16-22)18-23(30)17-20-8-5-4-6-9-20/h4-11,16H,3,12-15,17-18H2,1-2H3. The van der Waals surface area contributed by atoms with Crippen LogP contribution in [0.5, 0.6) is 0 Å². The first kappa shape index (κ1) is 21.2. The first-order chi connectivity index (χ1) is 15.1. The van der Waals surface area contributed by atoms with E-state index in [1.54, 1.807) is 0 Å². The second-order valence-corrected chi connectivity index (χ2v) is 7.97. The van der Waals surface area contributed by atoms with Gasteiger partial charge >= 0.3 is 0 Å². The zero-order valence-corrected chi connectivity index (χ0v) is 18.3. The number of hydrogen-bond donors (Lipinski definition) is 0. The molecule has 0 spiro atoms. The quantitative estimate of drug-likeness (QED) is 0.579. The predicted molar refractivity (Wildman–Crippen MR) is 123 cm³/mol. The highest BCUT2D eigenvalue weighted by molar-refractivity contribution is 5.83. The Labute approximate surface area is 184 Å². The van der Waals surface area contributed by atoms with Crippen molar-refractivity contribution in [2.75, 3.05) is 31.2 Å². The monoisotopic (exact) mass is 415 g/mol. The van der Waals surface area contributed by atoms with Crippen LogP contribution in [0.2, 0.25) is 0 Å². The number of aryl methyl sites for hydroxylation is 1. The van der Waals surface area contributed by atoms with Crippen LogP contribution in [0.3, 0.4) is 0 Å². The maximum absolute atomic E-state index is 12.6. The molecular formula is C26H29N3O2. The topological polar surface area (TPSA) is 55.3 Å². The molecule has 5 heteroatoms. The van der Waals surface area contributed by atoms with E-state index in [2.05, 4.69) is 24.8 Å². The van der Waals surface area contributed by atoms with Crippen LogP contribution in [0.25, 0.3) is 11.4 Å². The summed E-state index contributed by atoms with van der Waals surface area (Å²) in [4.78, 5) is 24.7. The van der Waals surface area contributed by atoms with E-state index in [0.717, 1.165) is 72.3 Å². The van der Waals surface area contributed by atoms with Gasteiger partial charge in [-0.2, -0.15) is 0 Å². The molecule has 1 aliphatic heterocycles. The minimum Gasteiger partial charge on any atom is -0.378 e. The van der Waals surface area contributed by atoms with Gasteiger partial charge in [-0.25, -0.2) is 9.97 Å². The summed E-state index contributed by atoms with van der Waals surface area (Å²) in [5.41, 5.74) is 5.20. The van der Waals surface area contributed by atoms with Gasteiger partial charge in [0.05, 0.1) is 13.2 Å². The van der Waals surface area contributed by atoms with E-state index in [4.69, 9.17) is 14.7 Å². The van der Waals surface area contributed by atoms with Crippen molar-refractivity contribution in [3.05, 3.63) is 77.0 Å². The molecule has 4 rings (SSSR count). The van der Waals surface area contributed by atoms with E-state index in [0.29, 0.717) is 12.8 Å². The molecule has 0 atom stereocenters. The van der Waals surface area contributed by atoms with Gasteiger partial charge in [-0.1, -0.05) is 55.5 Å². The van der Waals surface area contributed by atoms with Crippen molar-refractivity contribution in [3.8, 4) is 11.4 Å². The Morgan fingerprint density at radius 3 is 2.42 bits per heavy atom. The first-order valence-corrected chi connectivity index (χ1v) is 11.0. The first-order valence-electron chi connectivity index (χ1n) is 11.0. The summed E-state index contributed by atoms with van der Waals surface area (Å²) in [7, 11) is 0. The molecule has 1 aromatic heterocycles. The van der Waals surface area contributed by atoms with Gasteiger partial charge in [-0.3, -0.25) is 4.79 Å². The lowest BCUT2D eigenvalue weighted by Crippen LogP contribution is -2.37. The number of carbonyl (C=O) groups excluding carboxylic acids is 1. The molecule has 160 valence electrons. The third-order valence-corrected chi connectivity index (χ3v) is 5.70. The average molecular weight is 416 g/mol. The van der Waals surface area contributed by atoms with Crippen LogP contribution in [0.4, 0.5) is 5.82 Å². The molecule has 1 fully saturated rings. The van der Waals surface area contributed by atoms with Crippen LogP contribution in [0, 0.1) is 6.92 Å². The fourth-order valence-electron chi connectivity index (χ4n) is 4.04. The van der Waals surface area contributed by atoms with Gasteiger partial charge in [0, 0.05) is 42.8 Å². The molecular weight excluding hydrogens is 386 g/mol. The summed E-state index contributed by atoms with van der Waals surface area (Å²) in [5.74, 6) is 1.92. The van der Waals surface area contributed by atoms with Crippen LogP contribution >= 0.6 is 0 Å². The number of hydrogen-bond acceptors (Lipinski definition) is 5. The number of ketones is 1. The zero-order chi connectivity index (χ0) is 21.6. The van der Waals surface area contributed by atoms with E-state index < -0.39 is 0 Å². The Morgan fingerprint density at radius 2 is 1.68 bits per heavy atom. The molecule has 2 heterocycles. The number of carbonyl (C=O) groups is 1. The Kier molecular flexibility index (Phi) is 6.73. The molecule has 2 aromatic carbocycles. The lowest BCUT2D eigenvalue weighted by Gasteiger charge is -2.29. The maximum Gasteiger partial charge on any atom is 0.161 e. The SMILES string of the molecule is CCc1nc(-c2cccc(CC(=O)Cc3ccccc3)c2)nc(N2CCOCC2)c1C. The summed E-state index contributed by atoms with van der Waals surface area (Å²) in [5, 5.41) is 0. The van der Waals surface area contributed by atoms with Crippen molar-refractivity contribution in [3.63, 3.8) is 0 Å². The predicted octanol–water partition coefficient (Wildman–Crippen LogP) is 4.21. The molecule has 0 radical (unpaired) electrons. The summed E-state index contributed by atoms with van der Waals surface area (Å²) in [6, 6.07) is 18.0. The molecule has 5 nitrogen and oxygen atoms in total.